The fourth-order valence-electron chi connectivity index (χ4n) is 8.08. The molecule has 2 atom stereocenters. The number of amides is 2. The lowest BCUT2D eigenvalue weighted by Gasteiger charge is -2.57. The van der Waals surface area contributed by atoms with Crippen LogP contribution in [0.1, 0.15) is 82.4 Å². The molecule has 2 aromatic carbocycles. The van der Waals surface area contributed by atoms with Crippen molar-refractivity contribution < 1.29 is 18.0 Å². The molecule has 228 valence electrons. The number of benzene rings is 2. The van der Waals surface area contributed by atoms with Crippen molar-refractivity contribution in [1.82, 2.24) is 10.2 Å². The molecule has 0 saturated heterocycles. The van der Waals surface area contributed by atoms with Gasteiger partial charge in [0.15, 0.2) is 0 Å². The molecule has 0 aliphatic heterocycles. The van der Waals surface area contributed by atoms with E-state index in [1.165, 1.54) is 53.3 Å². The number of anilines is 1. The minimum atomic E-state index is -3.77. The molecule has 4 saturated carbocycles. The van der Waals surface area contributed by atoms with Gasteiger partial charge in [0.25, 0.3) is 0 Å². The van der Waals surface area contributed by atoms with E-state index in [4.69, 9.17) is 0 Å². The number of rotatable bonds is 11. The zero-order valence-electron chi connectivity index (χ0n) is 25.8. The van der Waals surface area contributed by atoms with Crippen LogP contribution >= 0.6 is 0 Å². The molecule has 8 heteroatoms. The average molecular weight is 594 g/mol. The van der Waals surface area contributed by atoms with E-state index in [0.29, 0.717) is 5.69 Å². The summed E-state index contributed by atoms with van der Waals surface area (Å²) in [5.74, 6) is 1.79. The van der Waals surface area contributed by atoms with Gasteiger partial charge in [0.2, 0.25) is 21.8 Å². The molecule has 0 aromatic heterocycles. The SMILES string of the molecule is CC[C@H](C)NC(=O)[C@H](C)N(Cc1ccccc1C)C(=O)CN(c1ccc(C23CC4CC(CC(C4)C2)C3)cc1)S(C)(=O)=O. The van der Waals surface area contributed by atoms with Crippen LogP contribution in [0.3, 0.4) is 0 Å². The van der Waals surface area contributed by atoms with E-state index >= 15 is 0 Å². The number of carbonyl (C=O) groups excluding carboxylic acids is 2. The third-order valence-electron chi connectivity index (χ3n) is 10.3. The Kier molecular flexibility index (Phi) is 8.75. The predicted molar refractivity (Wildman–Crippen MR) is 168 cm³/mol. The summed E-state index contributed by atoms with van der Waals surface area (Å²) in [7, 11) is -3.77. The first-order chi connectivity index (χ1) is 19.9. The van der Waals surface area contributed by atoms with Crippen molar-refractivity contribution in [2.24, 2.45) is 17.8 Å². The normalized spacial score (nSPS) is 26.0. The number of nitrogens with zero attached hydrogens (tertiary/aromatic N) is 2. The molecule has 6 rings (SSSR count). The number of hydrogen-bond acceptors (Lipinski definition) is 4. The molecule has 0 heterocycles. The van der Waals surface area contributed by atoms with Gasteiger partial charge in [-0.15, -0.1) is 0 Å². The van der Waals surface area contributed by atoms with Crippen molar-refractivity contribution in [3.63, 3.8) is 0 Å². The summed E-state index contributed by atoms with van der Waals surface area (Å²) in [6, 6.07) is 14.9. The number of hydrogen-bond donors (Lipinski definition) is 1. The van der Waals surface area contributed by atoms with Crippen molar-refractivity contribution in [1.29, 1.82) is 0 Å². The molecule has 0 radical (unpaired) electrons. The molecule has 4 aliphatic rings. The number of carbonyl (C=O) groups is 2. The highest BCUT2D eigenvalue weighted by molar-refractivity contribution is 7.92. The Balaban J connectivity index is 1.39. The van der Waals surface area contributed by atoms with E-state index in [2.05, 4.69) is 17.4 Å². The highest BCUT2D eigenvalue weighted by Crippen LogP contribution is 2.60. The highest BCUT2D eigenvalue weighted by Gasteiger charge is 2.51. The second-order valence-corrected chi connectivity index (χ2v) is 15.4. The lowest BCUT2D eigenvalue weighted by molar-refractivity contribution is -0.139. The smallest absolute Gasteiger partial charge is 0.244 e. The maximum Gasteiger partial charge on any atom is 0.244 e. The summed E-state index contributed by atoms with van der Waals surface area (Å²) in [5.41, 5.74) is 3.92. The summed E-state index contributed by atoms with van der Waals surface area (Å²) in [5, 5.41) is 2.98. The van der Waals surface area contributed by atoms with Crippen LogP contribution in [0.15, 0.2) is 48.5 Å². The molecule has 0 spiro atoms. The molecular weight excluding hydrogens is 546 g/mol. The number of sulfonamides is 1. The van der Waals surface area contributed by atoms with Gasteiger partial charge < -0.3 is 10.2 Å². The zero-order valence-corrected chi connectivity index (χ0v) is 26.6. The van der Waals surface area contributed by atoms with Crippen molar-refractivity contribution >= 4 is 27.5 Å². The Labute approximate surface area is 252 Å². The minimum Gasteiger partial charge on any atom is -0.352 e. The van der Waals surface area contributed by atoms with E-state index in [0.717, 1.165) is 41.6 Å². The van der Waals surface area contributed by atoms with E-state index in [1.54, 1.807) is 6.92 Å². The predicted octanol–water partition coefficient (Wildman–Crippen LogP) is 5.56. The van der Waals surface area contributed by atoms with Gasteiger partial charge in [-0.2, -0.15) is 0 Å². The summed E-state index contributed by atoms with van der Waals surface area (Å²) < 4.78 is 27.3. The molecule has 2 amide bonds. The molecule has 42 heavy (non-hydrogen) atoms. The number of nitrogens with one attached hydrogen (secondary N) is 1. The lowest BCUT2D eigenvalue weighted by Crippen LogP contribution is -2.52. The maximum absolute atomic E-state index is 13.9. The van der Waals surface area contributed by atoms with Crippen LogP contribution in [-0.4, -0.2) is 50.0 Å². The molecule has 4 fully saturated rings. The standard InChI is InChI=1S/C34H47N3O4S/c1-6-24(3)35-33(39)25(4)36(21-29-10-8-7-9-23(29)2)32(38)22-37(42(5,40)41)31-13-11-30(12-14-31)34-18-26-15-27(19-34)17-28(16-26)20-34/h7-14,24-28H,6,15-22H2,1-5H3,(H,35,39)/t24-,25-,26?,27?,28?,34?/m0/s1. The first-order valence-electron chi connectivity index (χ1n) is 15.6. The van der Waals surface area contributed by atoms with Crippen LogP contribution in [0.25, 0.3) is 0 Å². The molecule has 7 nitrogen and oxygen atoms in total. The second kappa shape index (κ2) is 12.0. The van der Waals surface area contributed by atoms with Gasteiger partial charge in [-0.25, -0.2) is 8.42 Å². The zero-order chi connectivity index (χ0) is 30.2. The molecule has 2 aromatic rings. The van der Waals surface area contributed by atoms with Crippen molar-refractivity contribution in [3.05, 3.63) is 65.2 Å². The molecular formula is C34H47N3O4S. The Morgan fingerprint density at radius 1 is 0.952 bits per heavy atom. The number of aryl methyl sites for hydroxylation is 1. The van der Waals surface area contributed by atoms with E-state index in [-0.39, 0.29) is 30.5 Å². The van der Waals surface area contributed by atoms with Gasteiger partial charge in [-0.3, -0.25) is 13.9 Å². The second-order valence-electron chi connectivity index (χ2n) is 13.5. The van der Waals surface area contributed by atoms with Crippen LogP contribution in [-0.2, 0) is 31.6 Å². The quantitative estimate of drug-likeness (QED) is 0.370. The van der Waals surface area contributed by atoms with Gasteiger partial charge in [-0.1, -0.05) is 43.3 Å². The van der Waals surface area contributed by atoms with Crippen molar-refractivity contribution in [3.8, 4) is 0 Å². The fourth-order valence-corrected chi connectivity index (χ4v) is 8.93. The average Bonchev–Trinajstić information content (AvgIpc) is 2.93. The van der Waals surface area contributed by atoms with E-state index in [9.17, 15) is 18.0 Å². The summed E-state index contributed by atoms with van der Waals surface area (Å²) >= 11 is 0. The lowest BCUT2D eigenvalue weighted by atomic mass is 9.48. The Morgan fingerprint density at radius 2 is 1.52 bits per heavy atom. The Bertz CT molecular complexity index is 1370. The molecule has 0 unspecified atom stereocenters. The fraction of sp³-hybridized carbons (Fsp3) is 0.588. The summed E-state index contributed by atoms with van der Waals surface area (Å²) in [6.07, 6.45) is 9.71. The van der Waals surface area contributed by atoms with Crippen LogP contribution in [0.4, 0.5) is 5.69 Å². The van der Waals surface area contributed by atoms with E-state index in [1.807, 2.05) is 57.2 Å². The van der Waals surface area contributed by atoms with Crippen LogP contribution in [0.2, 0.25) is 0 Å². The maximum atomic E-state index is 13.9. The first kappa shape index (κ1) is 30.6. The molecule has 4 aliphatic carbocycles. The van der Waals surface area contributed by atoms with Gasteiger partial charge in [0, 0.05) is 12.6 Å². The summed E-state index contributed by atoms with van der Waals surface area (Å²) in [4.78, 5) is 28.6. The Hall–Kier alpha value is -2.87. The molecule has 4 bridgehead atoms. The van der Waals surface area contributed by atoms with Crippen LogP contribution in [0, 0.1) is 24.7 Å². The van der Waals surface area contributed by atoms with Gasteiger partial charge in [-0.05, 0) is 118 Å². The van der Waals surface area contributed by atoms with Gasteiger partial charge >= 0.3 is 0 Å². The topological polar surface area (TPSA) is 86.8 Å². The van der Waals surface area contributed by atoms with Crippen molar-refractivity contribution in [2.45, 2.75) is 96.7 Å². The van der Waals surface area contributed by atoms with Crippen molar-refractivity contribution in [2.75, 3.05) is 17.1 Å². The third-order valence-corrected chi connectivity index (χ3v) is 11.4. The van der Waals surface area contributed by atoms with E-state index < -0.39 is 22.0 Å². The Morgan fingerprint density at radius 3 is 2.05 bits per heavy atom. The minimum absolute atomic E-state index is 0.0321. The largest absolute Gasteiger partial charge is 0.352 e. The highest BCUT2D eigenvalue weighted by atomic mass is 32.2. The van der Waals surface area contributed by atoms with Gasteiger partial charge in [0.05, 0.1) is 11.9 Å². The van der Waals surface area contributed by atoms with Crippen LogP contribution < -0.4 is 9.62 Å². The van der Waals surface area contributed by atoms with Gasteiger partial charge in [0.1, 0.15) is 12.6 Å². The summed E-state index contributed by atoms with van der Waals surface area (Å²) in [6.45, 7) is 7.43. The monoisotopic (exact) mass is 593 g/mol. The van der Waals surface area contributed by atoms with Crippen LogP contribution in [0.5, 0.6) is 0 Å². The first-order valence-corrected chi connectivity index (χ1v) is 17.5. The third kappa shape index (κ3) is 6.38. The molecule has 1 N–H and O–H groups in total.